The molecule has 1 amide bonds. The third kappa shape index (κ3) is 4.14. The van der Waals surface area contributed by atoms with Crippen molar-refractivity contribution < 1.29 is 14.7 Å². The normalized spacial score (nSPS) is 17.9. The number of amides is 1. The first kappa shape index (κ1) is 17.0. The lowest BCUT2D eigenvalue weighted by Gasteiger charge is -2.13. The standard InChI is InChI=1S/C17H17ClN2O3S/c18-16-7-6-15(24-16)12-10-14(23-20-12)17(22)19-9-8-13(21)11-4-2-1-3-5-11/h1-7,13-14,21H,8-10H2,(H,19,22)/t13-,14-/m0/s1. The quantitative estimate of drug-likeness (QED) is 0.827. The molecule has 1 aliphatic heterocycles. The number of carbonyl (C=O) groups is 1. The fraction of sp³-hybridized carbons (Fsp3) is 0.294. The first-order valence-corrected chi connectivity index (χ1v) is 8.82. The zero-order valence-corrected chi connectivity index (χ0v) is 14.4. The van der Waals surface area contributed by atoms with Gasteiger partial charge in [-0.25, -0.2) is 0 Å². The number of thiophene rings is 1. The first-order chi connectivity index (χ1) is 11.6. The van der Waals surface area contributed by atoms with Gasteiger partial charge in [0.05, 0.1) is 15.3 Å². The van der Waals surface area contributed by atoms with E-state index in [1.165, 1.54) is 11.3 Å². The second-order valence-electron chi connectivity index (χ2n) is 5.45. The Bertz CT molecular complexity index is 732. The largest absolute Gasteiger partial charge is 0.388 e. The van der Waals surface area contributed by atoms with E-state index < -0.39 is 12.2 Å². The zero-order chi connectivity index (χ0) is 16.9. The molecule has 24 heavy (non-hydrogen) atoms. The van der Waals surface area contributed by atoms with E-state index in [9.17, 15) is 9.90 Å². The van der Waals surface area contributed by atoms with Crippen LogP contribution in [0.3, 0.4) is 0 Å². The van der Waals surface area contributed by atoms with Crippen LogP contribution in [0.5, 0.6) is 0 Å². The maximum Gasteiger partial charge on any atom is 0.264 e. The highest BCUT2D eigenvalue weighted by molar-refractivity contribution is 7.18. The van der Waals surface area contributed by atoms with Gasteiger partial charge >= 0.3 is 0 Å². The number of carbonyl (C=O) groups excluding carboxylic acids is 1. The topological polar surface area (TPSA) is 70.9 Å². The second-order valence-corrected chi connectivity index (χ2v) is 7.16. The summed E-state index contributed by atoms with van der Waals surface area (Å²) in [7, 11) is 0. The number of oxime groups is 1. The minimum atomic E-state index is -0.630. The average molecular weight is 365 g/mol. The molecule has 2 heterocycles. The molecule has 1 aliphatic rings. The monoisotopic (exact) mass is 364 g/mol. The maximum atomic E-state index is 12.1. The van der Waals surface area contributed by atoms with E-state index in [0.717, 1.165) is 16.2 Å². The van der Waals surface area contributed by atoms with E-state index in [-0.39, 0.29) is 5.91 Å². The number of aliphatic hydroxyl groups is 1. The Labute approximate surface area is 148 Å². The van der Waals surface area contributed by atoms with Crippen molar-refractivity contribution in [3.05, 3.63) is 57.2 Å². The number of hydrogen-bond donors (Lipinski definition) is 2. The molecular formula is C17H17ClN2O3S. The van der Waals surface area contributed by atoms with Gasteiger partial charge in [0.1, 0.15) is 5.71 Å². The fourth-order valence-electron chi connectivity index (χ4n) is 2.42. The Morgan fingerprint density at radius 2 is 2.17 bits per heavy atom. The van der Waals surface area contributed by atoms with Crippen LogP contribution in [0.4, 0.5) is 0 Å². The van der Waals surface area contributed by atoms with Crippen molar-refractivity contribution >= 4 is 34.6 Å². The molecule has 1 aromatic carbocycles. The van der Waals surface area contributed by atoms with Gasteiger partial charge in [0.25, 0.3) is 5.91 Å². The van der Waals surface area contributed by atoms with E-state index in [0.29, 0.717) is 23.7 Å². The Kier molecular flexibility index (Phi) is 5.50. The Morgan fingerprint density at radius 1 is 1.38 bits per heavy atom. The van der Waals surface area contributed by atoms with Crippen molar-refractivity contribution in [2.24, 2.45) is 5.16 Å². The summed E-state index contributed by atoms with van der Waals surface area (Å²) < 4.78 is 0.676. The predicted molar refractivity (Wildman–Crippen MR) is 94.4 cm³/mol. The number of halogens is 1. The van der Waals surface area contributed by atoms with Crippen molar-refractivity contribution in [3.63, 3.8) is 0 Å². The molecular weight excluding hydrogens is 348 g/mol. The molecule has 2 N–H and O–H groups in total. The molecule has 0 fully saturated rings. The third-order valence-electron chi connectivity index (χ3n) is 3.72. The smallest absolute Gasteiger partial charge is 0.264 e. The van der Waals surface area contributed by atoms with Gasteiger partial charge in [-0.05, 0) is 24.1 Å². The summed E-state index contributed by atoms with van der Waals surface area (Å²) in [6.45, 7) is 0.370. The van der Waals surface area contributed by atoms with E-state index in [2.05, 4.69) is 10.5 Å². The Morgan fingerprint density at radius 3 is 2.88 bits per heavy atom. The van der Waals surface area contributed by atoms with E-state index in [1.54, 1.807) is 6.07 Å². The molecule has 0 saturated heterocycles. The lowest BCUT2D eigenvalue weighted by molar-refractivity contribution is -0.131. The summed E-state index contributed by atoms with van der Waals surface area (Å²) in [6.07, 6.45) is -0.369. The molecule has 0 radical (unpaired) electrons. The highest BCUT2D eigenvalue weighted by Crippen LogP contribution is 2.26. The van der Waals surface area contributed by atoms with Gasteiger partial charge in [-0.3, -0.25) is 4.79 Å². The minimum Gasteiger partial charge on any atom is -0.388 e. The lowest BCUT2D eigenvalue weighted by Crippen LogP contribution is -2.35. The minimum absolute atomic E-state index is 0.225. The molecule has 7 heteroatoms. The molecule has 3 rings (SSSR count). The molecule has 0 aliphatic carbocycles. The van der Waals surface area contributed by atoms with Crippen molar-refractivity contribution in [2.75, 3.05) is 6.54 Å². The van der Waals surface area contributed by atoms with Gasteiger partial charge in [0, 0.05) is 13.0 Å². The van der Waals surface area contributed by atoms with Crippen LogP contribution in [0.2, 0.25) is 4.34 Å². The van der Waals surface area contributed by atoms with Crippen molar-refractivity contribution in [3.8, 4) is 0 Å². The molecule has 2 atom stereocenters. The Balaban J connectivity index is 1.43. The number of aliphatic hydroxyl groups excluding tert-OH is 1. The van der Waals surface area contributed by atoms with Crippen molar-refractivity contribution in [1.82, 2.24) is 5.32 Å². The fourth-order valence-corrected chi connectivity index (χ4v) is 3.45. The summed E-state index contributed by atoms with van der Waals surface area (Å²) in [5.74, 6) is -0.225. The van der Waals surface area contributed by atoms with Gasteiger partial charge in [0.15, 0.2) is 0 Å². The molecule has 0 unspecified atom stereocenters. The highest BCUT2D eigenvalue weighted by Gasteiger charge is 2.29. The van der Waals surface area contributed by atoms with E-state index in [1.807, 2.05) is 36.4 Å². The molecule has 0 saturated carbocycles. The summed E-state index contributed by atoms with van der Waals surface area (Å²) in [6, 6.07) is 13.0. The van der Waals surface area contributed by atoms with Crippen LogP contribution in [-0.2, 0) is 9.63 Å². The summed E-state index contributed by atoms with van der Waals surface area (Å²) in [5.41, 5.74) is 1.57. The molecule has 126 valence electrons. The van der Waals surface area contributed by atoms with Gasteiger partial charge in [-0.1, -0.05) is 47.1 Å². The van der Waals surface area contributed by atoms with Crippen molar-refractivity contribution in [1.29, 1.82) is 0 Å². The van der Waals surface area contributed by atoms with Crippen LogP contribution in [-0.4, -0.2) is 29.4 Å². The molecule has 2 aromatic rings. The third-order valence-corrected chi connectivity index (χ3v) is 5.00. The predicted octanol–water partition coefficient (Wildman–Crippen LogP) is 3.13. The molecule has 0 bridgehead atoms. The van der Waals surface area contributed by atoms with Crippen LogP contribution in [0.25, 0.3) is 0 Å². The molecule has 0 spiro atoms. The summed E-state index contributed by atoms with van der Waals surface area (Å²) in [4.78, 5) is 18.3. The highest BCUT2D eigenvalue weighted by atomic mass is 35.5. The summed E-state index contributed by atoms with van der Waals surface area (Å²) in [5, 5.41) is 16.8. The number of rotatable bonds is 6. The SMILES string of the molecule is O=C(NCC[C@H](O)c1ccccc1)[C@@H]1CC(c2ccc(Cl)s2)=NO1. The summed E-state index contributed by atoms with van der Waals surface area (Å²) >= 11 is 7.31. The molecule has 5 nitrogen and oxygen atoms in total. The van der Waals surface area contributed by atoms with Gasteiger partial charge < -0.3 is 15.3 Å². The zero-order valence-electron chi connectivity index (χ0n) is 12.8. The van der Waals surface area contributed by atoms with Crippen LogP contribution in [0.15, 0.2) is 47.6 Å². The van der Waals surface area contributed by atoms with Crippen molar-refractivity contribution in [2.45, 2.75) is 25.0 Å². The maximum absolute atomic E-state index is 12.1. The Hall–Kier alpha value is -1.89. The van der Waals surface area contributed by atoms with Crippen LogP contribution in [0, 0.1) is 0 Å². The van der Waals surface area contributed by atoms with E-state index in [4.69, 9.17) is 16.4 Å². The van der Waals surface area contributed by atoms with Crippen LogP contribution in [0.1, 0.15) is 29.4 Å². The molecule has 1 aromatic heterocycles. The first-order valence-electron chi connectivity index (χ1n) is 7.62. The van der Waals surface area contributed by atoms with Crippen LogP contribution < -0.4 is 5.32 Å². The van der Waals surface area contributed by atoms with Gasteiger partial charge in [0.2, 0.25) is 6.10 Å². The second kappa shape index (κ2) is 7.79. The number of nitrogens with zero attached hydrogens (tertiary/aromatic N) is 1. The van der Waals surface area contributed by atoms with Gasteiger partial charge in [-0.15, -0.1) is 11.3 Å². The van der Waals surface area contributed by atoms with E-state index >= 15 is 0 Å². The van der Waals surface area contributed by atoms with Crippen LogP contribution >= 0.6 is 22.9 Å². The van der Waals surface area contributed by atoms with Gasteiger partial charge in [-0.2, -0.15) is 0 Å². The number of nitrogens with one attached hydrogen (secondary N) is 1. The average Bonchev–Trinajstić information content (AvgIpc) is 3.24. The number of benzene rings is 1. The lowest BCUT2D eigenvalue weighted by atomic mass is 10.1. The number of hydrogen-bond acceptors (Lipinski definition) is 5.